The second-order valence-electron chi connectivity index (χ2n) is 9.98. The lowest BCUT2D eigenvalue weighted by molar-refractivity contribution is -0.226. The minimum Gasteiger partial charge on any atom is -0.478 e. The van der Waals surface area contributed by atoms with Gasteiger partial charge in [-0.15, -0.1) is 0 Å². The Bertz CT molecular complexity index is 1310. The topological polar surface area (TPSA) is 66.5 Å². The van der Waals surface area contributed by atoms with Gasteiger partial charge in [0.25, 0.3) is 5.91 Å². The highest BCUT2D eigenvalue weighted by Crippen LogP contribution is 2.45. The lowest BCUT2D eigenvalue weighted by atomic mass is 9.88. The van der Waals surface area contributed by atoms with E-state index in [9.17, 15) is 13.6 Å². The molecule has 0 saturated carbocycles. The number of fused-ring (bicyclic) bond motifs is 1. The molecule has 38 heavy (non-hydrogen) atoms. The Balaban J connectivity index is 1.34. The number of rotatable bonds is 7. The molecule has 3 aliphatic heterocycles. The highest BCUT2D eigenvalue weighted by Gasteiger charge is 2.64. The molecule has 198 valence electrons. The van der Waals surface area contributed by atoms with E-state index in [-0.39, 0.29) is 12.3 Å². The van der Waals surface area contributed by atoms with Crippen LogP contribution < -0.4 is 9.64 Å². The molecule has 6 atom stereocenters. The summed E-state index contributed by atoms with van der Waals surface area (Å²) >= 11 is 0. The molecule has 0 N–H and O–H groups in total. The van der Waals surface area contributed by atoms with E-state index in [2.05, 4.69) is 0 Å². The Hall–Kier alpha value is -3.37. The molecule has 3 aromatic carbocycles. The summed E-state index contributed by atoms with van der Waals surface area (Å²) < 4.78 is 58.8. The molecular formula is C29H27F2NO6. The fraction of sp³-hybridized carbons (Fsp3) is 0.345. The third-order valence-electron chi connectivity index (χ3n) is 6.93. The van der Waals surface area contributed by atoms with Crippen LogP contribution in [-0.2, 0) is 30.3 Å². The molecule has 3 aromatic rings. The highest BCUT2D eigenvalue weighted by molar-refractivity contribution is 6.05. The van der Waals surface area contributed by atoms with Gasteiger partial charge in [-0.3, -0.25) is 9.69 Å². The third-order valence-corrected chi connectivity index (χ3v) is 6.93. The molecule has 3 aliphatic rings. The third kappa shape index (κ3) is 4.56. The van der Waals surface area contributed by atoms with Gasteiger partial charge >= 0.3 is 0 Å². The summed E-state index contributed by atoms with van der Waals surface area (Å²) in [5.41, 5.74) is 1.14. The molecule has 3 saturated heterocycles. The molecule has 6 rings (SSSR count). The monoisotopic (exact) mass is 523 g/mol. The van der Waals surface area contributed by atoms with Gasteiger partial charge in [-0.25, -0.2) is 8.78 Å². The zero-order chi connectivity index (χ0) is 26.4. The standard InChI is InChI=1S/C29H27F2NO6/c1-29(2)37-26-25(34-16-17-9-5-3-6-10-17)23(36-28(26)38-29)22-24(35-19-11-7-4-8-12-19)27(33)32(22)18-13-14-20(30)21(31)15-18/h3-15,22-26,28H,16H2,1-2H3/t22-,23-,24+,25+,26-,28-/m1/s1. The molecule has 0 radical (unpaired) electrons. The normalized spacial score (nSPS) is 29.7. The number of ether oxygens (including phenoxy) is 5. The van der Waals surface area contributed by atoms with Crippen LogP contribution >= 0.6 is 0 Å². The number of benzene rings is 3. The van der Waals surface area contributed by atoms with Crippen molar-refractivity contribution < 1.29 is 37.3 Å². The summed E-state index contributed by atoms with van der Waals surface area (Å²) in [6.07, 6.45) is -3.65. The van der Waals surface area contributed by atoms with Gasteiger partial charge in [0.2, 0.25) is 6.10 Å². The van der Waals surface area contributed by atoms with Crippen molar-refractivity contribution in [1.29, 1.82) is 0 Å². The van der Waals surface area contributed by atoms with E-state index >= 15 is 0 Å². The van der Waals surface area contributed by atoms with Crippen molar-refractivity contribution in [3.63, 3.8) is 0 Å². The first-order chi connectivity index (χ1) is 18.3. The first-order valence-electron chi connectivity index (χ1n) is 12.5. The summed E-state index contributed by atoms with van der Waals surface area (Å²) in [5, 5.41) is 0. The second kappa shape index (κ2) is 9.74. The lowest BCUT2D eigenvalue weighted by Crippen LogP contribution is -2.73. The number of nitrogens with zero attached hydrogens (tertiary/aromatic N) is 1. The highest BCUT2D eigenvalue weighted by atomic mass is 19.2. The molecule has 0 bridgehead atoms. The van der Waals surface area contributed by atoms with Crippen molar-refractivity contribution >= 4 is 11.6 Å². The Morgan fingerprint density at radius 1 is 0.895 bits per heavy atom. The maximum atomic E-state index is 14.2. The number of hydrogen-bond donors (Lipinski definition) is 0. The van der Waals surface area contributed by atoms with E-state index in [1.54, 1.807) is 38.1 Å². The van der Waals surface area contributed by atoms with Crippen molar-refractivity contribution in [2.75, 3.05) is 4.90 Å². The molecule has 7 nitrogen and oxygen atoms in total. The number of carbonyl (C=O) groups is 1. The van der Waals surface area contributed by atoms with Gasteiger partial charge in [-0.1, -0.05) is 48.5 Å². The van der Waals surface area contributed by atoms with Crippen LogP contribution in [0.1, 0.15) is 19.4 Å². The first-order valence-corrected chi connectivity index (χ1v) is 12.5. The number of carbonyl (C=O) groups excluding carboxylic acids is 1. The first kappa shape index (κ1) is 24.9. The fourth-order valence-corrected chi connectivity index (χ4v) is 5.24. The van der Waals surface area contributed by atoms with E-state index in [0.29, 0.717) is 5.75 Å². The number of halogens is 2. The number of anilines is 1. The number of hydrogen-bond acceptors (Lipinski definition) is 6. The Morgan fingerprint density at radius 3 is 2.32 bits per heavy atom. The number of β-lactam (4-membered cyclic amide) rings is 1. The van der Waals surface area contributed by atoms with Crippen molar-refractivity contribution in [2.24, 2.45) is 0 Å². The van der Waals surface area contributed by atoms with Gasteiger partial charge in [0.1, 0.15) is 30.1 Å². The summed E-state index contributed by atoms with van der Waals surface area (Å²) in [7, 11) is 0. The Kier molecular flexibility index (Phi) is 6.39. The van der Waals surface area contributed by atoms with E-state index in [1.165, 1.54) is 11.0 Å². The van der Waals surface area contributed by atoms with Gasteiger partial charge in [0.05, 0.1) is 6.61 Å². The average Bonchev–Trinajstić information content (AvgIpc) is 3.38. The number of amides is 1. The zero-order valence-electron chi connectivity index (χ0n) is 20.8. The molecule has 0 unspecified atom stereocenters. The maximum absolute atomic E-state index is 14.2. The summed E-state index contributed by atoms with van der Waals surface area (Å²) in [5.74, 6) is -2.86. The summed E-state index contributed by atoms with van der Waals surface area (Å²) in [6.45, 7) is 3.86. The Labute approximate surface area is 218 Å². The molecule has 0 aliphatic carbocycles. The van der Waals surface area contributed by atoms with Crippen LogP contribution in [0.15, 0.2) is 78.9 Å². The Morgan fingerprint density at radius 2 is 1.61 bits per heavy atom. The van der Waals surface area contributed by atoms with Crippen molar-refractivity contribution in [3.05, 3.63) is 96.1 Å². The second-order valence-corrected chi connectivity index (χ2v) is 9.98. The zero-order valence-corrected chi connectivity index (χ0v) is 20.8. The molecule has 1 amide bonds. The minimum atomic E-state index is -1.06. The van der Waals surface area contributed by atoms with E-state index in [1.807, 2.05) is 36.4 Å². The van der Waals surface area contributed by atoms with Gasteiger partial charge in [-0.05, 0) is 43.7 Å². The van der Waals surface area contributed by atoms with Gasteiger partial charge in [0.15, 0.2) is 23.7 Å². The predicted octanol–water partition coefficient (Wildman–Crippen LogP) is 4.59. The van der Waals surface area contributed by atoms with Gasteiger partial charge < -0.3 is 23.7 Å². The molecule has 3 heterocycles. The van der Waals surface area contributed by atoms with Crippen LogP contribution in [0.3, 0.4) is 0 Å². The minimum absolute atomic E-state index is 0.191. The van der Waals surface area contributed by atoms with E-state index in [4.69, 9.17) is 23.7 Å². The van der Waals surface area contributed by atoms with Crippen molar-refractivity contribution in [3.8, 4) is 5.75 Å². The SMILES string of the molecule is CC1(C)O[C@H]2O[C@H]([C@@H]3[C@H](Oc4ccccc4)C(=O)N3c3ccc(F)c(F)c3)[C@H](OCc3ccccc3)[C@H]2O1. The molecule has 0 aromatic heterocycles. The van der Waals surface area contributed by atoms with Gasteiger partial charge in [-0.2, -0.15) is 0 Å². The van der Waals surface area contributed by atoms with Gasteiger partial charge in [0, 0.05) is 11.8 Å². The molecular weight excluding hydrogens is 496 g/mol. The number of para-hydroxylation sites is 1. The maximum Gasteiger partial charge on any atom is 0.270 e. The predicted molar refractivity (Wildman–Crippen MR) is 132 cm³/mol. The van der Waals surface area contributed by atoms with Crippen molar-refractivity contribution in [2.45, 2.75) is 63.0 Å². The molecule has 3 fully saturated rings. The fourth-order valence-electron chi connectivity index (χ4n) is 5.24. The van der Waals surface area contributed by atoms with Crippen LogP contribution in [0.25, 0.3) is 0 Å². The summed E-state index contributed by atoms with van der Waals surface area (Å²) in [6, 6.07) is 21.2. The molecule has 0 spiro atoms. The largest absolute Gasteiger partial charge is 0.478 e. The van der Waals surface area contributed by atoms with Crippen LogP contribution in [-0.4, -0.2) is 48.4 Å². The van der Waals surface area contributed by atoms with Crippen molar-refractivity contribution in [1.82, 2.24) is 0 Å². The smallest absolute Gasteiger partial charge is 0.270 e. The van der Waals surface area contributed by atoms with Crippen LogP contribution in [0, 0.1) is 11.6 Å². The van der Waals surface area contributed by atoms with E-state index in [0.717, 1.165) is 17.7 Å². The van der Waals surface area contributed by atoms with E-state index < -0.39 is 60.1 Å². The van der Waals surface area contributed by atoms with Crippen LogP contribution in [0.2, 0.25) is 0 Å². The van der Waals surface area contributed by atoms with Crippen LogP contribution in [0.5, 0.6) is 5.75 Å². The van der Waals surface area contributed by atoms with Crippen LogP contribution in [0.4, 0.5) is 14.5 Å². The lowest BCUT2D eigenvalue weighted by Gasteiger charge is -2.49. The average molecular weight is 524 g/mol. The molecule has 9 heteroatoms. The quantitative estimate of drug-likeness (QED) is 0.422. The summed E-state index contributed by atoms with van der Waals surface area (Å²) in [4.78, 5) is 14.8.